The Kier molecular flexibility index (Phi) is 9.10. The molecule has 0 aromatic heterocycles. The summed E-state index contributed by atoms with van der Waals surface area (Å²) in [4.78, 5) is 13.2. The highest BCUT2D eigenvalue weighted by molar-refractivity contribution is 6.30. The van der Waals surface area contributed by atoms with E-state index in [4.69, 9.17) is 21.1 Å². The average Bonchev–Trinajstić information content (AvgIpc) is 2.92. The van der Waals surface area contributed by atoms with Gasteiger partial charge in [0.1, 0.15) is 17.5 Å². The minimum Gasteiger partial charge on any atom is -0.381 e. The van der Waals surface area contributed by atoms with Crippen LogP contribution in [0.15, 0.2) is 60.7 Å². The van der Waals surface area contributed by atoms with E-state index in [9.17, 15) is 18.0 Å². The van der Waals surface area contributed by atoms with Crippen molar-refractivity contribution in [2.75, 3.05) is 31.6 Å². The van der Waals surface area contributed by atoms with Gasteiger partial charge in [0, 0.05) is 67.4 Å². The molecule has 5 rings (SSSR count). The number of hydrogen-bond donors (Lipinski definition) is 2. The monoisotopic (exact) mass is 571 g/mol. The van der Waals surface area contributed by atoms with Crippen molar-refractivity contribution in [2.45, 2.75) is 43.3 Å². The van der Waals surface area contributed by atoms with Crippen molar-refractivity contribution in [1.29, 1.82) is 0 Å². The van der Waals surface area contributed by atoms with E-state index in [-0.39, 0.29) is 17.3 Å². The van der Waals surface area contributed by atoms with Gasteiger partial charge in [0.25, 0.3) is 0 Å². The molecule has 5 nitrogen and oxygen atoms in total. The molecule has 1 spiro atoms. The summed E-state index contributed by atoms with van der Waals surface area (Å²) in [5.74, 6) is -3.23. The second-order valence-electron chi connectivity index (χ2n) is 10.4. The SMILES string of the molecule is O=C([CH][C@@H](c1ccc(Cl)cc1)c1cc(F)cc(F)c1)Nc1cccc(F)c1CC[C@@H]1CNCC2(CCOCC2)O1. The lowest BCUT2D eigenvalue weighted by molar-refractivity contribution is -0.160. The zero-order chi connectivity index (χ0) is 28.1. The van der Waals surface area contributed by atoms with Gasteiger partial charge in [-0.2, -0.15) is 0 Å². The maximum Gasteiger partial charge on any atom is 0.229 e. The van der Waals surface area contributed by atoms with E-state index >= 15 is 0 Å². The molecule has 211 valence electrons. The first-order valence-corrected chi connectivity index (χ1v) is 13.8. The molecule has 0 saturated carbocycles. The zero-order valence-electron chi connectivity index (χ0n) is 21.9. The second-order valence-corrected chi connectivity index (χ2v) is 10.8. The van der Waals surface area contributed by atoms with Crippen molar-refractivity contribution in [2.24, 2.45) is 0 Å². The molecule has 2 aliphatic heterocycles. The van der Waals surface area contributed by atoms with Crippen molar-refractivity contribution < 1.29 is 27.4 Å². The van der Waals surface area contributed by atoms with Gasteiger partial charge in [0.05, 0.1) is 18.1 Å². The fourth-order valence-electron chi connectivity index (χ4n) is 5.47. The van der Waals surface area contributed by atoms with Crippen LogP contribution in [0.3, 0.4) is 0 Å². The lowest BCUT2D eigenvalue weighted by Gasteiger charge is -2.44. The van der Waals surface area contributed by atoms with Crippen LogP contribution in [0.4, 0.5) is 18.9 Å². The number of anilines is 1. The smallest absolute Gasteiger partial charge is 0.229 e. The summed E-state index contributed by atoms with van der Waals surface area (Å²) in [6, 6.07) is 14.3. The van der Waals surface area contributed by atoms with E-state index in [1.165, 1.54) is 30.7 Å². The molecule has 0 unspecified atom stereocenters. The van der Waals surface area contributed by atoms with Gasteiger partial charge in [-0.05, 0) is 60.4 Å². The van der Waals surface area contributed by atoms with E-state index in [0.717, 1.165) is 25.5 Å². The van der Waals surface area contributed by atoms with Crippen LogP contribution in [-0.4, -0.2) is 43.9 Å². The summed E-state index contributed by atoms with van der Waals surface area (Å²) in [5.41, 5.74) is 1.34. The fraction of sp³-hybridized carbons (Fsp3) is 0.355. The molecule has 2 saturated heterocycles. The number of rotatable bonds is 8. The summed E-state index contributed by atoms with van der Waals surface area (Å²) < 4.78 is 55.1. The Bertz CT molecular complexity index is 1310. The van der Waals surface area contributed by atoms with Gasteiger partial charge in [-0.1, -0.05) is 29.8 Å². The molecule has 2 heterocycles. The maximum atomic E-state index is 15.0. The second kappa shape index (κ2) is 12.7. The van der Waals surface area contributed by atoms with Gasteiger partial charge in [-0.25, -0.2) is 13.2 Å². The molecular formula is C31H31ClF3N2O3. The van der Waals surface area contributed by atoms with Crippen LogP contribution < -0.4 is 10.6 Å². The third-order valence-corrected chi connectivity index (χ3v) is 7.78. The number of hydrogen-bond acceptors (Lipinski definition) is 4. The standard InChI is InChI=1S/C31H31ClF3N2O3/c32-22-6-4-20(5-7-22)27(21-14-23(33)16-24(34)15-21)17-30(38)37-29-3-1-2-28(35)26(29)9-8-25-18-36-19-31(40-25)10-12-39-13-11-31/h1-7,14-17,25,27,36H,8-13,18-19H2,(H,37,38)/t25-,27+/m1/s1. The highest BCUT2D eigenvalue weighted by Crippen LogP contribution is 2.32. The molecule has 0 bridgehead atoms. The summed E-state index contributed by atoms with van der Waals surface area (Å²) in [6.45, 7) is 2.76. The van der Waals surface area contributed by atoms with Crippen LogP contribution in [0.1, 0.15) is 41.9 Å². The van der Waals surface area contributed by atoms with Crippen molar-refractivity contribution in [1.82, 2.24) is 5.32 Å². The Labute approximate surface area is 237 Å². The number of morpholine rings is 1. The molecule has 1 radical (unpaired) electrons. The maximum absolute atomic E-state index is 15.0. The summed E-state index contributed by atoms with van der Waals surface area (Å²) in [5, 5.41) is 6.72. The lowest BCUT2D eigenvalue weighted by Crippen LogP contribution is -2.56. The summed E-state index contributed by atoms with van der Waals surface area (Å²) in [6.07, 6.45) is 3.79. The van der Waals surface area contributed by atoms with Crippen LogP contribution >= 0.6 is 11.6 Å². The van der Waals surface area contributed by atoms with Crippen molar-refractivity contribution in [3.63, 3.8) is 0 Å². The Hall–Kier alpha value is -2.91. The minimum absolute atomic E-state index is 0.0984. The number of carbonyl (C=O) groups is 1. The number of carbonyl (C=O) groups excluding carboxylic acids is 1. The number of halogens is 4. The molecule has 2 fully saturated rings. The van der Waals surface area contributed by atoms with Gasteiger partial charge < -0.3 is 20.1 Å². The first kappa shape index (κ1) is 28.6. The van der Waals surface area contributed by atoms with Crippen LogP contribution in [0.25, 0.3) is 0 Å². The third-order valence-electron chi connectivity index (χ3n) is 7.52. The highest BCUT2D eigenvalue weighted by atomic mass is 35.5. The minimum atomic E-state index is -0.767. The van der Waals surface area contributed by atoms with E-state index in [1.54, 1.807) is 30.3 Å². The van der Waals surface area contributed by atoms with Gasteiger partial charge in [-0.15, -0.1) is 0 Å². The Balaban J connectivity index is 1.30. The van der Waals surface area contributed by atoms with Crippen molar-refractivity contribution >= 4 is 23.2 Å². The average molecular weight is 572 g/mol. The van der Waals surface area contributed by atoms with Gasteiger partial charge in [0.15, 0.2) is 0 Å². The first-order valence-electron chi connectivity index (χ1n) is 13.4. The molecule has 2 aliphatic rings. The number of ether oxygens (including phenoxy) is 2. The van der Waals surface area contributed by atoms with E-state index in [1.807, 2.05) is 0 Å². The molecule has 3 aromatic rings. The van der Waals surface area contributed by atoms with E-state index in [0.29, 0.717) is 54.4 Å². The predicted molar refractivity (Wildman–Crippen MR) is 148 cm³/mol. The Morgan fingerprint density at radius 2 is 1.77 bits per heavy atom. The van der Waals surface area contributed by atoms with Gasteiger partial charge >= 0.3 is 0 Å². The van der Waals surface area contributed by atoms with Crippen LogP contribution in [0.2, 0.25) is 5.02 Å². The predicted octanol–water partition coefficient (Wildman–Crippen LogP) is 6.20. The largest absolute Gasteiger partial charge is 0.381 e. The summed E-state index contributed by atoms with van der Waals surface area (Å²) >= 11 is 6.02. The topological polar surface area (TPSA) is 59.6 Å². The molecule has 0 aliphatic carbocycles. The number of nitrogens with one attached hydrogen (secondary N) is 2. The van der Waals surface area contributed by atoms with Gasteiger partial charge in [-0.3, -0.25) is 4.79 Å². The normalized spacial score (nSPS) is 19.4. The first-order chi connectivity index (χ1) is 19.3. The van der Waals surface area contributed by atoms with Crippen LogP contribution in [0.5, 0.6) is 0 Å². The molecule has 3 aromatic carbocycles. The molecule has 1 amide bonds. The molecule has 9 heteroatoms. The fourth-order valence-corrected chi connectivity index (χ4v) is 5.59. The lowest BCUT2D eigenvalue weighted by atomic mass is 9.88. The Morgan fingerprint density at radius 1 is 1.05 bits per heavy atom. The van der Waals surface area contributed by atoms with Gasteiger partial charge in [0.2, 0.25) is 5.91 Å². The number of benzene rings is 3. The summed E-state index contributed by atoms with van der Waals surface area (Å²) in [7, 11) is 0. The highest BCUT2D eigenvalue weighted by Gasteiger charge is 2.38. The van der Waals surface area contributed by atoms with Crippen molar-refractivity contribution in [3.05, 3.63) is 106 Å². The molecule has 40 heavy (non-hydrogen) atoms. The molecular weight excluding hydrogens is 541 g/mol. The molecule has 2 N–H and O–H groups in total. The zero-order valence-corrected chi connectivity index (χ0v) is 22.7. The van der Waals surface area contributed by atoms with E-state index in [2.05, 4.69) is 10.6 Å². The van der Waals surface area contributed by atoms with E-state index < -0.39 is 29.3 Å². The van der Waals surface area contributed by atoms with Crippen molar-refractivity contribution in [3.8, 4) is 0 Å². The quantitative estimate of drug-likeness (QED) is 0.338. The number of amides is 1. The van der Waals surface area contributed by atoms with Crippen LogP contribution in [-0.2, 0) is 20.7 Å². The third kappa shape index (κ3) is 7.04. The molecule has 2 atom stereocenters. The Morgan fingerprint density at radius 3 is 2.50 bits per heavy atom. The van der Waals surface area contributed by atoms with Crippen LogP contribution in [0, 0.1) is 23.9 Å².